The van der Waals surface area contributed by atoms with Gasteiger partial charge in [0.1, 0.15) is 11.5 Å². The summed E-state index contributed by atoms with van der Waals surface area (Å²) in [5.74, 6) is -3.34. The molecule has 0 atom stereocenters. The van der Waals surface area contributed by atoms with E-state index in [1.165, 1.54) is 0 Å². The van der Waals surface area contributed by atoms with E-state index in [0.29, 0.717) is 11.6 Å². The van der Waals surface area contributed by atoms with Crippen LogP contribution in [-0.2, 0) is 14.4 Å². The number of carbonyl (C=O) groups is 3. The van der Waals surface area contributed by atoms with Gasteiger partial charge in [0.2, 0.25) is 0 Å². The molecule has 0 fully saturated rings. The molecular weight excluding hydrogens is 578 g/mol. The van der Waals surface area contributed by atoms with Crippen LogP contribution in [0.25, 0.3) is 10.6 Å². The van der Waals surface area contributed by atoms with Crippen molar-refractivity contribution in [3.05, 3.63) is 95.6 Å². The first-order valence-corrected chi connectivity index (χ1v) is 13.6. The van der Waals surface area contributed by atoms with Crippen LogP contribution in [0.3, 0.4) is 0 Å². The zero-order valence-electron chi connectivity index (χ0n) is 24.2. The van der Waals surface area contributed by atoms with Crippen LogP contribution in [0.1, 0.15) is 36.0 Å². The Morgan fingerprint density at radius 3 is 1.67 bits per heavy atom. The van der Waals surface area contributed by atoms with Crippen LogP contribution in [0.2, 0.25) is 0 Å². The van der Waals surface area contributed by atoms with Crippen molar-refractivity contribution in [2.45, 2.75) is 24.9 Å². The molecule has 0 unspecified atom stereocenters. The van der Waals surface area contributed by atoms with Crippen molar-refractivity contribution in [3.63, 3.8) is 0 Å². The number of aliphatic hydroxyl groups is 1. The number of benzene rings is 3. The van der Waals surface area contributed by atoms with Crippen LogP contribution in [0.15, 0.2) is 78.9 Å². The number of ether oxygens (including phenoxy) is 2. The number of rotatable bonds is 14. The van der Waals surface area contributed by atoms with E-state index < -0.39 is 36.4 Å². The van der Waals surface area contributed by atoms with Gasteiger partial charge >= 0.3 is 17.9 Å². The summed E-state index contributed by atoms with van der Waals surface area (Å²) in [6.07, 6.45) is -1.30. The molecule has 230 valence electrons. The number of aliphatic carboxylic acids is 3. The highest BCUT2D eigenvalue weighted by atomic mass is 35.5. The quantitative estimate of drug-likeness (QED) is 0.145. The van der Waals surface area contributed by atoms with Gasteiger partial charge in [-0.15, -0.1) is 0 Å². The van der Waals surface area contributed by atoms with Gasteiger partial charge in [-0.05, 0) is 61.5 Å². The molecule has 0 aromatic heterocycles. The molecule has 10 nitrogen and oxygen atoms in total. The fourth-order valence-corrected chi connectivity index (χ4v) is 4.25. The monoisotopic (exact) mass is 613 g/mol. The van der Waals surface area contributed by atoms with Crippen LogP contribution in [0.4, 0.5) is 0 Å². The minimum absolute atomic E-state index is 0.698. The van der Waals surface area contributed by atoms with Gasteiger partial charge in [-0.3, -0.25) is 9.59 Å². The predicted molar refractivity (Wildman–Crippen MR) is 163 cm³/mol. The number of hydrogen-bond acceptors (Lipinski definition) is 7. The van der Waals surface area contributed by atoms with Crippen molar-refractivity contribution >= 4 is 40.1 Å². The molecule has 0 spiro atoms. The van der Waals surface area contributed by atoms with Gasteiger partial charge in [-0.25, -0.2) is 4.79 Å². The van der Waals surface area contributed by atoms with E-state index in [-0.39, 0.29) is 0 Å². The summed E-state index contributed by atoms with van der Waals surface area (Å²) in [4.78, 5) is 32.6. The van der Waals surface area contributed by atoms with Crippen LogP contribution < -0.4 is 9.47 Å². The van der Waals surface area contributed by atoms with Crippen LogP contribution in [-0.4, -0.2) is 83.2 Å². The van der Waals surface area contributed by atoms with Crippen molar-refractivity contribution in [2.24, 2.45) is 0 Å². The zero-order valence-corrected chi connectivity index (χ0v) is 25.0. The van der Waals surface area contributed by atoms with Gasteiger partial charge in [-0.1, -0.05) is 66.2 Å². The summed E-state index contributed by atoms with van der Waals surface area (Å²) in [6.45, 7) is 1.71. The molecule has 0 aliphatic heterocycles. The van der Waals surface area contributed by atoms with Crippen LogP contribution >= 0.6 is 11.6 Å². The SMILES string of the molecule is COc1ccc(/C(=C(/Cl)c2ccccc2)c2ccc(OCCCN(C)C)cc2)cc1.O=C(O)CC(O)(CC(=O)O)C(=O)O. The summed E-state index contributed by atoms with van der Waals surface area (Å²) in [5.41, 5.74) is 1.29. The lowest BCUT2D eigenvalue weighted by atomic mass is 9.95. The third kappa shape index (κ3) is 11.4. The summed E-state index contributed by atoms with van der Waals surface area (Å²) in [5, 5.41) is 34.5. The lowest BCUT2D eigenvalue weighted by Gasteiger charge is -2.18. The number of carboxylic acid groups (broad SMARTS) is 3. The van der Waals surface area contributed by atoms with E-state index in [9.17, 15) is 14.4 Å². The minimum atomic E-state index is -2.74. The van der Waals surface area contributed by atoms with Crippen LogP contribution in [0.5, 0.6) is 11.5 Å². The molecule has 0 heterocycles. The second kappa shape index (κ2) is 16.9. The van der Waals surface area contributed by atoms with Crippen molar-refractivity contribution in [1.29, 1.82) is 0 Å². The maximum absolute atomic E-state index is 10.3. The highest BCUT2D eigenvalue weighted by Crippen LogP contribution is 2.36. The summed E-state index contributed by atoms with van der Waals surface area (Å²) in [6, 6.07) is 26.1. The Balaban J connectivity index is 0.000000420. The Kier molecular flexibility index (Phi) is 13.7. The van der Waals surface area contributed by atoms with E-state index in [0.717, 1.165) is 46.7 Å². The first-order chi connectivity index (χ1) is 20.4. The highest BCUT2D eigenvalue weighted by molar-refractivity contribution is 6.53. The first kappa shape index (κ1) is 34.8. The van der Waals surface area contributed by atoms with E-state index >= 15 is 0 Å². The second-order valence-corrected chi connectivity index (χ2v) is 10.2. The maximum atomic E-state index is 10.3. The van der Waals surface area contributed by atoms with Crippen molar-refractivity contribution in [2.75, 3.05) is 34.4 Å². The smallest absolute Gasteiger partial charge is 0.336 e. The summed E-state index contributed by atoms with van der Waals surface area (Å²) >= 11 is 6.90. The Labute approximate surface area is 255 Å². The molecule has 43 heavy (non-hydrogen) atoms. The standard InChI is InChI=1S/C26H28ClNO2.C6H8O7/c1-28(2)18-7-19-30-24-16-12-21(13-17-24)25(20-10-14-23(29-3)15-11-20)26(27)22-8-5-4-6-9-22;7-3(8)1-6(13,5(11)12)2-4(9)10/h4-6,8-17H,7,18-19H2,1-3H3;13H,1-2H2,(H,7,8)(H,9,10)(H,11,12)/b26-25-;. The Bertz CT molecular complexity index is 1360. The Morgan fingerprint density at radius 1 is 0.767 bits per heavy atom. The summed E-state index contributed by atoms with van der Waals surface area (Å²) < 4.78 is 11.2. The van der Waals surface area contributed by atoms with E-state index in [4.69, 9.17) is 41.5 Å². The average molecular weight is 614 g/mol. The molecule has 3 rings (SSSR count). The number of methoxy groups -OCH3 is 1. The fourth-order valence-electron chi connectivity index (χ4n) is 3.91. The van der Waals surface area contributed by atoms with Gasteiger partial charge in [0.25, 0.3) is 0 Å². The average Bonchev–Trinajstić information content (AvgIpc) is 2.96. The normalized spacial score (nSPS) is 11.6. The molecular formula is C32H36ClNO9. The molecule has 3 aromatic rings. The number of hydrogen-bond donors (Lipinski definition) is 4. The molecule has 0 aliphatic rings. The molecule has 0 amide bonds. The molecule has 4 N–H and O–H groups in total. The van der Waals surface area contributed by atoms with Crippen molar-refractivity contribution in [3.8, 4) is 11.5 Å². The lowest BCUT2D eigenvalue weighted by Crippen LogP contribution is -2.42. The van der Waals surface area contributed by atoms with E-state index in [2.05, 4.69) is 31.1 Å². The van der Waals surface area contributed by atoms with Gasteiger partial charge in [-0.2, -0.15) is 0 Å². The molecule has 0 saturated heterocycles. The molecule has 0 bridgehead atoms. The van der Waals surface area contributed by atoms with Gasteiger partial charge < -0.3 is 34.8 Å². The topological polar surface area (TPSA) is 154 Å². The van der Waals surface area contributed by atoms with Crippen molar-refractivity contribution in [1.82, 2.24) is 4.90 Å². The summed E-state index contributed by atoms with van der Waals surface area (Å²) in [7, 11) is 5.80. The fraction of sp³-hybridized carbons (Fsp3) is 0.281. The zero-order chi connectivity index (χ0) is 32.0. The van der Waals surface area contributed by atoms with Gasteiger partial charge in [0.15, 0.2) is 5.60 Å². The first-order valence-electron chi connectivity index (χ1n) is 13.2. The van der Waals surface area contributed by atoms with Crippen LogP contribution in [0, 0.1) is 0 Å². The Hall–Kier alpha value is -4.38. The number of halogens is 1. The molecule has 3 aromatic carbocycles. The largest absolute Gasteiger partial charge is 0.497 e. The highest BCUT2D eigenvalue weighted by Gasteiger charge is 2.40. The number of carboxylic acids is 3. The molecule has 0 radical (unpaired) electrons. The van der Waals surface area contributed by atoms with E-state index in [1.54, 1.807) is 7.11 Å². The maximum Gasteiger partial charge on any atom is 0.336 e. The molecule has 0 saturated carbocycles. The third-order valence-electron chi connectivity index (χ3n) is 6.07. The second-order valence-electron chi connectivity index (χ2n) is 9.79. The predicted octanol–water partition coefficient (Wildman–Crippen LogP) is 4.93. The number of nitrogens with zero attached hydrogens (tertiary/aromatic N) is 1. The molecule has 0 aliphatic carbocycles. The minimum Gasteiger partial charge on any atom is -0.497 e. The van der Waals surface area contributed by atoms with Gasteiger partial charge in [0.05, 0.1) is 31.6 Å². The molecule has 11 heteroatoms. The Morgan fingerprint density at radius 2 is 1.26 bits per heavy atom. The third-order valence-corrected chi connectivity index (χ3v) is 6.48. The van der Waals surface area contributed by atoms with Crippen molar-refractivity contribution < 1.29 is 44.3 Å². The van der Waals surface area contributed by atoms with Gasteiger partial charge in [0, 0.05) is 12.1 Å². The lowest BCUT2D eigenvalue weighted by molar-refractivity contribution is -0.170. The van der Waals surface area contributed by atoms with E-state index in [1.807, 2.05) is 66.7 Å².